The maximum Gasteiger partial charge on any atom is 0.325 e. The number of Topliss-reactive ketones (excluding diaryl/α,β-unsaturated/α-hetero) is 1. The van der Waals surface area contributed by atoms with Crippen LogP contribution >= 0.6 is 11.6 Å². The molecule has 1 unspecified atom stereocenters. The molecule has 0 bridgehead atoms. The SMILES string of the molecule is C=C(C1=N[C@@H](c2ccc(F)cc2Cl)C(C(=O)CC)=C(CN2CCN3C(=O)N(C(C)C)C[C@@H]3C2C(=O)OC)N1)/C(F)=C\C(F)=C/C. The van der Waals surface area contributed by atoms with Gasteiger partial charge in [0.1, 0.15) is 35.4 Å². The molecule has 2 saturated heterocycles. The second-order valence-corrected chi connectivity index (χ2v) is 11.6. The largest absolute Gasteiger partial charge is 0.468 e. The van der Waals surface area contributed by atoms with Crippen molar-refractivity contribution in [3.05, 3.63) is 81.8 Å². The molecule has 3 heterocycles. The standard InChI is InChI=1S/C32H37ClF3N5O4/c1-7-19(34)14-23(36)18(5)30-37-24(27(26(42)8-2)28(38-30)21-10-9-20(35)13-22(21)33)15-39-11-12-40-25(29(39)31(43)45-6)16-41(17(3)4)32(40)44/h7,9-10,13-14,17,25,28-29H,5,8,11-12,15-16H2,1-4,6H3,(H,37,38)/b19-7+,23-14+/t25-,28+,29?/m1/s1. The summed E-state index contributed by atoms with van der Waals surface area (Å²) in [6.07, 6.45) is 1.80. The highest BCUT2D eigenvalue weighted by Gasteiger charge is 2.50. The Balaban J connectivity index is 1.83. The van der Waals surface area contributed by atoms with Gasteiger partial charge in [-0.2, -0.15) is 0 Å². The van der Waals surface area contributed by atoms with Crippen molar-refractivity contribution in [3.63, 3.8) is 0 Å². The van der Waals surface area contributed by atoms with Crippen LogP contribution < -0.4 is 5.32 Å². The average Bonchev–Trinajstić information content (AvgIpc) is 3.35. The zero-order chi connectivity index (χ0) is 33.2. The van der Waals surface area contributed by atoms with Crippen molar-refractivity contribution in [2.45, 2.75) is 58.3 Å². The zero-order valence-corrected chi connectivity index (χ0v) is 26.6. The van der Waals surface area contributed by atoms with Crippen molar-refractivity contribution in [1.82, 2.24) is 20.0 Å². The molecule has 2 amide bonds. The maximum absolute atomic E-state index is 15.2. The molecule has 0 aromatic heterocycles. The fraction of sp³-hybridized carbons (Fsp3) is 0.438. The Bertz CT molecular complexity index is 1520. The maximum atomic E-state index is 15.2. The second-order valence-electron chi connectivity index (χ2n) is 11.2. The predicted octanol–water partition coefficient (Wildman–Crippen LogP) is 5.41. The lowest BCUT2D eigenvalue weighted by atomic mass is 9.90. The minimum Gasteiger partial charge on any atom is -0.468 e. The number of ketones is 1. The first-order chi connectivity index (χ1) is 21.3. The number of hydrogen-bond acceptors (Lipinski definition) is 7. The van der Waals surface area contributed by atoms with Crippen LogP contribution in [0.25, 0.3) is 0 Å². The van der Waals surface area contributed by atoms with E-state index in [0.29, 0.717) is 19.2 Å². The number of halogens is 4. The van der Waals surface area contributed by atoms with Crippen LogP contribution in [-0.4, -0.2) is 89.7 Å². The van der Waals surface area contributed by atoms with Crippen LogP contribution in [0, 0.1) is 5.82 Å². The molecular formula is C32H37ClF3N5O4. The molecule has 0 radical (unpaired) electrons. The van der Waals surface area contributed by atoms with Crippen molar-refractivity contribution < 1.29 is 32.3 Å². The van der Waals surface area contributed by atoms with Gasteiger partial charge in [0.2, 0.25) is 0 Å². The molecule has 3 aliphatic rings. The van der Waals surface area contributed by atoms with E-state index in [9.17, 15) is 23.2 Å². The number of carbonyl (C=O) groups excluding carboxylic acids is 3. The Hall–Kier alpha value is -3.90. The monoisotopic (exact) mass is 647 g/mol. The number of amidine groups is 1. The minimum absolute atomic E-state index is 0.00774. The molecule has 242 valence electrons. The van der Waals surface area contributed by atoms with Crippen molar-refractivity contribution >= 4 is 35.2 Å². The van der Waals surface area contributed by atoms with Gasteiger partial charge >= 0.3 is 12.0 Å². The number of esters is 1. The van der Waals surface area contributed by atoms with E-state index in [0.717, 1.165) is 12.1 Å². The number of benzene rings is 1. The minimum atomic E-state index is -1.10. The molecule has 0 aliphatic carbocycles. The van der Waals surface area contributed by atoms with Crippen LogP contribution in [0.2, 0.25) is 5.02 Å². The summed E-state index contributed by atoms with van der Waals surface area (Å²) >= 11 is 6.45. The van der Waals surface area contributed by atoms with Gasteiger partial charge in [-0.05, 0) is 32.9 Å². The van der Waals surface area contributed by atoms with Gasteiger partial charge in [-0.1, -0.05) is 37.2 Å². The zero-order valence-electron chi connectivity index (χ0n) is 25.9. The third-order valence-corrected chi connectivity index (χ3v) is 8.54. The number of nitrogens with one attached hydrogen (secondary N) is 1. The summed E-state index contributed by atoms with van der Waals surface area (Å²) in [6.45, 7) is 11.5. The Morgan fingerprint density at radius 3 is 2.58 bits per heavy atom. The van der Waals surface area contributed by atoms with Crippen molar-refractivity contribution in [1.29, 1.82) is 0 Å². The van der Waals surface area contributed by atoms with Crippen LogP contribution in [0.4, 0.5) is 18.0 Å². The molecular weight excluding hydrogens is 611 g/mol. The lowest BCUT2D eigenvalue weighted by Crippen LogP contribution is -2.62. The molecule has 0 saturated carbocycles. The van der Waals surface area contributed by atoms with E-state index < -0.39 is 41.6 Å². The molecule has 1 N–H and O–H groups in total. The van der Waals surface area contributed by atoms with Gasteiger partial charge < -0.3 is 19.9 Å². The van der Waals surface area contributed by atoms with E-state index >= 15 is 4.39 Å². The first-order valence-corrected chi connectivity index (χ1v) is 15.0. The number of amides is 2. The number of hydrogen-bond donors (Lipinski definition) is 1. The lowest BCUT2D eigenvalue weighted by Gasteiger charge is -2.43. The third kappa shape index (κ3) is 6.86. The molecule has 0 spiro atoms. The van der Waals surface area contributed by atoms with E-state index in [1.807, 2.05) is 13.8 Å². The van der Waals surface area contributed by atoms with Crippen LogP contribution in [0.1, 0.15) is 45.7 Å². The summed E-state index contributed by atoms with van der Waals surface area (Å²) in [5.74, 6) is -3.42. The number of rotatable bonds is 10. The lowest BCUT2D eigenvalue weighted by molar-refractivity contribution is -0.150. The summed E-state index contributed by atoms with van der Waals surface area (Å²) in [4.78, 5) is 49.7. The van der Waals surface area contributed by atoms with Crippen LogP contribution in [-0.2, 0) is 14.3 Å². The average molecular weight is 648 g/mol. The Morgan fingerprint density at radius 2 is 1.98 bits per heavy atom. The summed E-state index contributed by atoms with van der Waals surface area (Å²) in [6, 6.07) is 0.878. The molecule has 1 aromatic carbocycles. The number of aliphatic imine (C=N–C) groups is 1. The molecule has 1 aromatic rings. The number of ether oxygens (including phenoxy) is 1. The quantitative estimate of drug-likeness (QED) is 0.270. The predicted molar refractivity (Wildman–Crippen MR) is 165 cm³/mol. The Kier molecular flexibility index (Phi) is 10.6. The molecule has 2 fully saturated rings. The van der Waals surface area contributed by atoms with Gasteiger partial charge in [0.25, 0.3) is 0 Å². The molecule has 3 aliphatic heterocycles. The van der Waals surface area contributed by atoms with E-state index in [1.54, 1.807) is 21.6 Å². The van der Waals surface area contributed by atoms with Gasteiger partial charge in [-0.25, -0.2) is 18.0 Å². The topological polar surface area (TPSA) is 94.6 Å². The molecule has 9 nitrogen and oxygen atoms in total. The Morgan fingerprint density at radius 1 is 1.27 bits per heavy atom. The summed E-state index contributed by atoms with van der Waals surface area (Å²) in [7, 11) is 1.26. The van der Waals surface area contributed by atoms with E-state index in [4.69, 9.17) is 16.3 Å². The first-order valence-electron chi connectivity index (χ1n) is 14.7. The first kappa shape index (κ1) is 34.0. The van der Waals surface area contributed by atoms with E-state index in [-0.39, 0.29) is 70.6 Å². The normalized spacial score (nSPS) is 22.8. The summed E-state index contributed by atoms with van der Waals surface area (Å²) in [5, 5.41) is 3.02. The number of allylic oxidation sites excluding steroid dienone is 3. The van der Waals surface area contributed by atoms with E-state index in [2.05, 4.69) is 16.9 Å². The Labute approximate surface area is 265 Å². The smallest absolute Gasteiger partial charge is 0.325 e. The van der Waals surface area contributed by atoms with Crippen LogP contribution in [0.5, 0.6) is 0 Å². The number of fused-ring (bicyclic) bond motifs is 1. The van der Waals surface area contributed by atoms with Gasteiger partial charge in [0, 0.05) is 72.1 Å². The molecule has 3 atom stereocenters. The second kappa shape index (κ2) is 14.0. The fourth-order valence-electron chi connectivity index (χ4n) is 5.82. The van der Waals surface area contributed by atoms with Gasteiger partial charge in [0.15, 0.2) is 5.78 Å². The molecule has 45 heavy (non-hydrogen) atoms. The number of methoxy groups -OCH3 is 1. The van der Waals surface area contributed by atoms with E-state index in [1.165, 1.54) is 26.2 Å². The highest BCUT2D eigenvalue weighted by Crippen LogP contribution is 2.38. The van der Waals surface area contributed by atoms with Gasteiger partial charge in [-0.15, -0.1) is 0 Å². The van der Waals surface area contributed by atoms with Crippen molar-refractivity contribution in [2.75, 3.05) is 33.3 Å². The molecule has 4 rings (SSSR count). The molecule has 13 heteroatoms. The third-order valence-electron chi connectivity index (χ3n) is 8.21. The number of urea groups is 1. The summed E-state index contributed by atoms with van der Waals surface area (Å²) < 4.78 is 48.4. The highest BCUT2D eigenvalue weighted by molar-refractivity contribution is 6.31. The summed E-state index contributed by atoms with van der Waals surface area (Å²) in [5.41, 5.74) is 0.458. The van der Waals surface area contributed by atoms with Crippen LogP contribution in [0.3, 0.4) is 0 Å². The van der Waals surface area contributed by atoms with Crippen molar-refractivity contribution in [3.8, 4) is 0 Å². The van der Waals surface area contributed by atoms with Crippen LogP contribution in [0.15, 0.2) is 70.4 Å². The number of carbonyl (C=O) groups is 3. The van der Waals surface area contributed by atoms with Gasteiger partial charge in [-0.3, -0.25) is 19.5 Å². The van der Waals surface area contributed by atoms with Crippen molar-refractivity contribution in [2.24, 2.45) is 4.99 Å². The fourth-order valence-corrected chi connectivity index (χ4v) is 6.09. The number of piperazine rings is 1. The number of nitrogens with zero attached hydrogens (tertiary/aromatic N) is 4. The highest BCUT2D eigenvalue weighted by atomic mass is 35.5. The van der Waals surface area contributed by atoms with Gasteiger partial charge in [0.05, 0.1) is 13.2 Å².